The SMILES string of the molecule is CC(C)(C)OC(=O)NCCC[C@@H]1NC(=O)[C@@H](NC(=O)OC(C)(C)C)Cc2cc(ccc2O)-c2ccc(NC(=O)OC(C)(C)C)c(c2)C[C@@H](C(=O)O)NC1=O. The van der Waals surface area contributed by atoms with E-state index in [0.717, 1.165) is 0 Å². The molecule has 0 aliphatic carbocycles. The van der Waals surface area contributed by atoms with Crippen LogP contribution >= 0.6 is 0 Å². The Labute approximate surface area is 315 Å². The van der Waals surface area contributed by atoms with E-state index in [1.807, 2.05) is 0 Å². The zero-order valence-corrected chi connectivity index (χ0v) is 32.3. The van der Waals surface area contributed by atoms with E-state index < -0.39 is 71.0 Å². The molecule has 7 N–H and O–H groups in total. The number of rotatable bonds is 7. The van der Waals surface area contributed by atoms with Crippen molar-refractivity contribution in [2.24, 2.45) is 0 Å². The van der Waals surface area contributed by atoms with Crippen molar-refractivity contribution >= 4 is 41.8 Å². The highest BCUT2D eigenvalue weighted by atomic mass is 16.6. The van der Waals surface area contributed by atoms with Crippen molar-refractivity contribution in [1.82, 2.24) is 21.3 Å². The molecule has 296 valence electrons. The number of hydrogen-bond acceptors (Lipinski definition) is 10. The minimum absolute atomic E-state index is 0.0453. The molecule has 2 aromatic rings. The Balaban J connectivity index is 2.10. The molecule has 1 aliphatic heterocycles. The minimum Gasteiger partial charge on any atom is -0.508 e. The lowest BCUT2D eigenvalue weighted by Crippen LogP contribution is -2.56. The number of aliphatic carboxylic acids is 1. The smallest absolute Gasteiger partial charge is 0.412 e. The number of benzene rings is 2. The Kier molecular flexibility index (Phi) is 13.9. The fraction of sp³-hybridized carbons (Fsp3) is 0.526. The molecule has 0 unspecified atom stereocenters. The first-order chi connectivity index (χ1) is 24.9. The topological polar surface area (TPSA) is 231 Å². The number of anilines is 1. The average molecular weight is 756 g/mol. The van der Waals surface area contributed by atoms with Gasteiger partial charge in [0.15, 0.2) is 0 Å². The second-order valence-corrected chi connectivity index (χ2v) is 16.0. The van der Waals surface area contributed by atoms with Crippen molar-refractivity contribution in [2.45, 2.75) is 123 Å². The Hall–Kier alpha value is -5.54. The number of carboxylic acid groups (broad SMARTS) is 1. The molecular weight excluding hydrogens is 702 g/mol. The van der Waals surface area contributed by atoms with E-state index in [-0.39, 0.29) is 49.2 Å². The highest BCUT2D eigenvalue weighted by Gasteiger charge is 2.32. The maximum Gasteiger partial charge on any atom is 0.412 e. The molecule has 0 spiro atoms. The summed E-state index contributed by atoms with van der Waals surface area (Å²) in [6.07, 6.45) is -2.85. The maximum atomic E-state index is 13.9. The number of phenols is 1. The lowest BCUT2D eigenvalue weighted by molar-refractivity contribution is -0.142. The number of aromatic hydroxyl groups is 1. The summed E-state index contributed by atoms with van der Waals surface area (Å²) in [6.45, 7) is 15.2. The average Bonchev–Trinajstić information content (AvgIpc) is 3.00. The lowest BCUT2D eigenvalue weighted by Gasteiger charge is -2.26. The summed E-state index contributed by atoms with van der Waals surface area (Å²) in [5, 5.41) is 34.1. The summed E-state index contributed by atoms with van der Waals surface area (Å²) in [5.41, 5.74) is -0.539. The number of nitrogens with one attached hydrogen (secondary N) is 5. The molecule has 3 atom stereocenters. The van der Waals surface area contributed by atoms with Crippen LogP contribution in [0.15, 0.2) is 36.4 Å². The molecule has 0 saturated carbocycles. The van der Waals surface area contributed by atoms with Gasteiger partial charge in [0.2, 0.25) is 11.8 Å². The van der Waals surface area contributed by atoms with Gasteiger partial charge in [0.05, 0.1) is 0 Å². The van der Waals surface area contributed by atoms with Crippen molar-refractivity contribution in [1.29, 1.82) is 0 Å². The first-order valence-electron chi connectivity index (χ1n) is 17.6. The fourth-order valence-corrected chi connectivity index (χ4v) is 5.33. The number of alkyl carbamates (subject to hydrolysis) is 2. The molecule has 0 aromatic heterocycles. The van der Waals surface area contributed by atoms with Gasteiger partial charge in [-0.2, -0.15) is 0 Å². The van der Waals surface area contributed by atoms with Gasteiger partial charge in [0, 0.05) is 25.1 Å². The van der Waals surface area contributed by atoms with Crippen molar-refractivity contribution in [3.8, 4) is 16.9 Å². The van der Waals surface area contributed by atoms with E-state index in [1.54, 1.807) is 92.6 Å². The van der Waals surface area contributed by atoms with Gasteiger partial charge in [-0.1, -0.05) is 12.1 Å². The molecule has 0 radical (unpaired) electrons. The minimum atomic E-state index is -1.54. The van der Waals surface area contributed by atoms with Crippen LogP contribution < -0.4 is 26.6 Å². The van der Waals surface area contributed by atoms with Crippen LogP contribution in [0.5, 0.6) is 5.75 Å². The van der Waals surface area contributed by atoms with E-state index in [0.29, 0.717) is 16.7 Å². The zero-order chi connectivity index (χ0) is 40.6. The van der Waals surface area contributed by atoms with Crippen LogP contribution in [0.2, 0.25) is 0 Å². The molecule has 54 heavy (non-hydrogen) atoms. The Morgan fingerprint density at radius 1 is 0.741 bits per heavy atom. The number of phenolic OH excluding ortho intramolecular Hbond substituents is 1. The van der Waals surface area contributed by atoms with Crippen LogP contribution in [0.3, 0.4) is 0 Å². The normalized spacial score (nSPS) is 18.1. The summed E-state index contributed by atoms with van der Waals surface area (Å²) in [6, 6.07) is 5.28. The van der Waals surface area contributed by atoms with Crippen LogP contribution in [0.4, 0.5) is 20.1 Å². The van der Waals surface area contributed by atoms with Crippen LogP contribution in [0, 0.1) is 0 Å². The van der Waals surface area contributed by atoms with Crippen molar-refractivity contribution in [2.75, 3.05) is 11.9 Å². The largest absolute Gasteiger partial charge is 0.508 e. The monoisotopic (exact) mass is 755 g/mol. The molecule has 16 nitrogen and oxygen atoms in total. The quantitative estimate of drug-likeness (QED) is 0.151. The standard InChI is InChI=1S/C38H53N5O11/c1-36(2,3)52-33(49)39-16-10-11-26-30(45)41-28(32(47)48)19-23-17-21(12-14-25(23)42-34(50)53-37(4,5)6)22-13-15-29(44)24(18-22)20-27(31(46)40-26)43-35(51)54-38(7,8)9/h12-15,17-18,26-28,44H,10-11,16,19-20H2,1-9H3,(H,39,49)(H,40,46)(H,41,45)(H,42,50)(H,43,51)(H,47,48)/t26-,27-,28-/m0/s1. The van der Waals surface area contributed by atoms with Gasteiger partial charge in [0.25, 0.3) is 0 Å². The molecule has 0 fully saturated rings. The molecule has 1 aliphatic rings. The summed E-state index contributed by atoms with van der Waals surface area (Å²) in [7, 11) is 0. The number of carbonyl (C=O) groups excluding carboxylic acids is 5. The third kappa shape index (κ3) is 14.1. The van der Waals surface area contributed by atoms with Gasteiger partial charge < -0.3 is 45.7 Å². The Bertz CT molecular complexity index is 1720. The zero-order valence-electron chi connectivity index (χ0n) is 32.3. The van der Waals surface area contributed by atoms with E-state index >= 15 is 0 Å². The molecule has 3 rings (SSSR count). The second kappa shape index (κ2) is 17.5. The number of amides is 5. The van der Waals surface area contributed by atoms with E-state index in [9.17, 15) is 39.0 Å². The highest BCUT2D eigenvalue weighted by molar-refractivity contribution is 5.93. The van der Waals surface area contributed by atoms with Crippen LogP contribution in [-0.2, 0) is 41.4 Å². The van der Waals surface area contributed by atoms with Gasteiger partial charge in [-0.25, -0.2) is 19.2 Å². The highest BCUT2D eigenvalue weighted by Crippen LogP contribution is 2.31. The van der Waals surface area contributed by atoms with Gasteiger partial charge in [-0.15, -0.1) is 0 Å². The number of ether oxygens (including phenoxy) is 3. The predicted octanol–water partition coefficient (Wildman–Crippen LogP) is 4.76. The first kappa shape index (κ1) is 42.9. The fourth-order valence-electron chi connectivity index (χ4n) is 5.33. The van der Waals surface area contributed by atoms with Crippen molar-refractivity contribution in [3.63, 3.8) is 0 Å². The second-order valence-electron chi connectivity index (χ2n) is 16.0. The van der Waals surface area contributed by atoms with Gasteiger partial charge in [0.1, 0.15) is 40.7 Å². The molecule has 5 amide bonds. The molecule has 4 bridgehead atoms. The number of hydrogen-bond donors (Lipinski definition) is 7. The van der Waals surface area contributed by atoms with Crippen molar-refractivity contribution in [3.05, 3.63) is 47.5 Å². The van der Waals surface area contributed by atoms with Gasteiger partial charge >= 0.3 is 24.2 Å². The Morgan fingerprint density at radius 2 is 1.30 bits per heavy atom. The van der Waals surface area contributed by atoms with Crippen LogP contribution in [0.1, 0.15) is 86.3 Å². The molecule has 1 heterocycles. The number of fused-ring (bicyclic) bond motifs is 5. The third-order valence-corrected chi connectivity index (χ3v) is 7.59. The lowest BCUT2D eigenvalue weighted by atomic mass is 9.95. The molecular formula is C38H53N5O11. The third-order valence-electron chi connectivity index (χ3n) is 7.59. The molecule has 2 aromatic carbocycles. The van der Waals surface area contributed by atoms with E-state index in [2.05, 4.69) is 26.6 Å². The Morgan fingerprint density at radius 3 is 1.89 bits per heavy atom. The van der Waals surface area contributed by atoms with E-state index in [1.165, 1.54) is 6.07 Å². The summed E-state index contributed by atoms with van der Waals surface area (Å²) < 4.78 is 16.0. The number of carbonyl (C=O) groups is 6. The summed E-state index contributed by atoms with van der Waals surface area (Å²) in [4.78, 5) is 78.3. The number of carboxylic acids is 1. The van der Waals surface area contributed by atoms with Crippen molar-refractivity contribution < 1.29 is 53.2 Å². The van der Waals surface area contributed by atoms with E-state index in [4.69, 9.17) is 14.2 Å². The van der Waals surface area contributed by atoms with Crippen LogP contribution in [-0.4, -0.2) is 87.7 Å². The molecule has 0 saturated heterocycles. The summed E-state index contributed by atoms with van der Waals surface area (Å²) in [5.74, 6) is -3.25. The van der Waals surface area contributed by atoms with Gasteiger partial charge in [-0.05, 0) is 122 Å². The molecule has 16 heteroatoms. The van der Waals surface area contributed by atoms with Gasteiger partial charge in [-0.3, -0.25) is 14.9 Å². The van der Waals surface area contributed by atoms with Crippen LogP contribution in [0.25, 0.3) is 11.1 Å². The maximum absolute atomic E-state index is 13.9. The predicted molar refractivity (Wildman–Crippen MR) is 199 cm³/mol. The first-order valence-corrected chi connectivity index (χ1v) is 17.6. The summed E-state index contributed by atoms with van der Waals surface area (Å²) >= 11 is 0.